The van der Waals surface area contributed by atoms with Crippen LogP contribution in [0.2, 0.25) is 5.02 Å². The first-order chi connectivity index (χ1) is 13.6. The fourth-order valence-corrected chi connectivity index (χ4v) is 3.01. The smallest absolute Gasteiger partial charge is 0.149 e. The monoisotopic (exact) mass is 395 g/mol. The molecule has 0 amide bonds. The number of hydrogen-bond donors (Lipinski definition) is 2. The molecule has 0 aliphatic rings. The largest absolute Gasteiger partial charge is 0.388 e. The van der Waals surface area contributed by atoms with Crippen LogP contribution in [0.15, 0.2) is 54.3 Å². The lowest BCUT2D eigenvalue weighted by molar-refractivity contribution is -0.104. The third-order valence-electron chi connectivity index (χ3n) is 4.27. The highest BCUT2D eigenvalue weighted by atomic mass is 35.5. The molecule has 2 N–H and O–H groups in total. The Balaban J connectivity index is 2.29. The molecule has 2 aromatic rings. The molecule has 0 radical (unpaired) electrons. The van der Waals surface area contributed by atoms with E-state index in [1.54, 1.807) is 6.20 Å². The molecule has 0 aliphatic heterocycles. The van der Waals surface area contributed by atoms with Gasteiger partial charge in [-0.15, -0.1) is 0 Å². The summed E-state index contributed by atoms with van der Waals surface area (Å²) in [5.41, 5.74) is 5.35. The van der Waals surface area contributed by atoms with Crippen LogP contribution in [0.3, 0.4) is 0 Å². The number of rotatable bonds is 9. The predicted molar refractivity (Wildman–Crippen MR) is 119 cm³/mol. The van der Waals surface area contributed by atoms with E-state index in [0.717, 1.165) is 47.3 Å². The van der Waals surface area contributed by atoms with Crippen molar-refractivity contribution in [1.29, 1.82) is 0 Å². The molecule has 0 saturated heterocycles. The molecule has 5 heteroatoms. The van der Waals surface area contributed by atoms with E-state index >= 15 is 0 Å². The number of nitrogens with one attached hydrogen (secondary N) is 2. The minimum atomic E-state index is 0.639. The lowest BCUT2D eigenvalue weighted by atomic mass is 10.1. The predicted octanol–water partition coefficient (Wildman–Crippen LogP) is 4.51. The maximum atomic E-state index is 11.4. The van der Waals surface area contributed by atoms with Crippen molar-refractivity contribution >= 4 is 35.7 Å². The number of aryl methyl sites for hydroxylation is 1. The first-order valence-corrected chi connectivity index (χ1v) is 9.56. The molecule has 1 heterocycles. The van der Waals surface area contributed by atoms with Gasteiger partial charge >= 0.3 is 0 Å². The Morgan fingerprint density at radius 1 is 1.21 bits per heavy atom. The minimum absolute atomic E-state index is 0.639. The van der Waals surface area contributed by atoms with Gasteiger partial charge in [-0.3, -0.25) is 9.78 Å². The van der Waals surface area contributed by atoms with Crippen LogP contribution < -0.4 is 10.6 Å². The quantitative estimate of drug-likeness (QED) is 0.284. The van der Waals surface area contributed by atoms with Crippen molar-refractivity contribution in [3.63, 3.8) is 0 Å². The average Bonchev–Trinajstić information content (AvgIpc) is 2.70. The third kappa shape index (κ3) is 6.19. The number of halogens is 1. The van der Waals surface area contributed by atoms with Crippen LogP contribution in [-0.2, 0) is 4.79 Å². The van der Waals surface area contributed by atoms with Gasteiger partial charge in [-0.2, -0.15) is 0 Å². The van der Waals surface area contributed by atoms with E-state index in [1.165, 1.54) is 0 Å². The van der Waals surface area contributed by atoms with Gasteiger partial charge in [-0.25, -0.2) is 0 Å². The van der Waals surface area contributed by atoms with Gasteiger partial charge in [0.1, 0.15) is 6.29 Å². The summed E-state index contributed by atoms with van der Waals surface area (Å²) in [6.45, 7) is 2.85. The van der Waals surface area contributed by atoms with Crippen molar-refractivity contribution in [1.82, 2.24) is 15.6 Å². The van der Waals surface area contributed by atoms with Crippen molar-refractivity contribution < 1.29 is 4.79 Å². The van der Waals surface area contributed by atoms with Gasteiger partial charge in [0.2, 0.25) is 0 Å². The number of carbonyl (C=O) groups is 1. The van der Waals surface area contributed by atoms with Crippen LogP contribution in [-0.4, -0.2) is 31.9 Å². The zero-order valence-electron chi connectivity index (χ0n) is 16.5. The van der Waals surface area contributed by atoms with E-state index in [4.69, 9.17) is 11.6 Å². The number of allylic oxidation sites excluding steroid dienone is 2. The molecule has 0 unspecified atom stereocenters. The summed E-state index contributed by atoms with van der Waals surface area (Å²) < 4.78 is 0. The van der Waals surface area contributed by atoms with E-state index in [0.29, 0.717) is 10.6 Å². The van der Waals surface area contributed by atoms with E-state index in [2.05, 4.69) is 15.6 Å². The summed E-state index contributed by atoms with van der Waals surface area (Å²) in [5.74, 6) is 0. The molecule has 1 aromatic heterocycles. The summed E-state index contributed by atoms with van der Waals surface area (Å²) in [6.07, 6.45) is 11.1. The van der Waals surface area contributed by atoms with Crippen LogP contribution in [0, 0.1) is 6.92 Å². The normalized spacial score (nSPS) is 12.4. The molecule has 1 aromatic carbocycles. The molecule has 146 valence electrons. The molecular formula is C23H26ClN3O. The Labute approximate surface area is 172 Å². The fraction of sp³-hybridized carbons (Fsp3) is 0.217. The van der Waals surface area contributed by atoms with E-state index < -0.39 is 0 Å². The number of hydrogen-bond acceptors (Lipinski definition) is 4. The van der Waals surface area contributed by atoms with Gasteiger partial charge in [0.05, 0.1) is 5.69 Å². The molecule has 0 spiro atoms. The van der Waals surface area contributed by atoms with Crippen molar-refractivity contribution in [2.75, 3.05) is 20.6 Å². The van der Waals surface area contributed by atoms with Crippen LogP contribution >= 0.6 is 11.6 Å². The van der Waals surface area contributed by atoms with Gasteiger partial charge in [0.25, 0.3) is 0 Å². The van der Waals surface area contributed by atoms with Gasteiger partial charge < -0.3 is 10.6 Å². The molecule has 0 fully saturated rings. The summed E-state index contributed by atoms with van der Waals surface area (Å²) in [6, 6.07) is 9.73. The first kappa shape index (κ1) is 21.6. The molecular weight excluding hydrogens is 370 g/mol. The summed E-state index contributed by atoms with van der Waals surface area (Å²) in [4.78, 5) is 15.8. The molecule has 2 rings (SSSR count). The number of nitrogens with zero attached hydrogens (tertiary/aromatic N) is 1. The third-order valence-corrected chi connectivity index (χ3v) is 4.60. The minimum Gasteiger partial charge on any atom is -0.388 e. The van der Waals surface area contributed by atoms with Gasteiger partial charge in [-0.05, 0) is 68.4 Å². The van der Waals surface area contributed by atoms with Crippen molar-refractivity contribution in [3.8, 4) is 0 Å². The van der Waals surface area contributed by atoms with Crippen molar-refractivity contribution in [2.45, 2.75) is 13.3 Å². The number of carbonyl (C=O) groups excluding carboxylic acids is 1. The Hall–Kier alpha value is -2.69. The van der Waals surface area contributed by atoms with E-state index in [9.17, 15) is 4.79 Å². The highest BCUT2D eigenvalue weighted by Gasteiger charge is 2.04. The summed E-state index contributed by atoms with van der Waals surface area (Å²) >= 11 is 6.29. The van der Waals surface area contributed by atoms with Crippen molar-refractivity contribution in [2.24, 2.45) is 0 Å². The first-order valence-electron chi connectivity index (χ1n) is 9.18. The Morgan fingerprint density at radius 3 is 2.71 bits per heavy atom. The van der Waals surface area contributed by atoms with Crippen LogP contribution in [0.1, 0.15) is 28.8 Å². The fourth-order valence-electron chi connectivity index (χ4n) is 2.72. The maximum absolute atomic E-state index is 11.4. The van der Waals surface area contributed by atoms with E-state index in [-0.39, 0.29) is 0 Å². The van der Waals surface area contributed by atoms with Crippen LogP contribution in [0.5, 0.6) is 0 Å². The number of benzene rings is 1. The topological polar surface area (TPSA) is 54.0 Å². The van der Waals surface area contributed by atoms with Crippen LogP contribution in [0.4, 0.5) is 0 Å². The number of pyridine rings is 1. The number of aromatic nitrogens is 1. The zero-order chi connectivity index (χ0) is 20.4. The van der Waals surface area contributed by atoms with Gasteiger partial charge in [0.15, 0.2) is 0 Å². The van der Waals surface area contributed by atoms with Gasteiger partial charge in [-0.1, -0.05) is 35.9 Å². The molecule has 0 aliphatic carbocycles. The lowest BCUT2D eigenvalue weighted by Crippen LogP contribution is -2.07. The lowest BCUT2D eigenvalue weighted by Gasteiger charge is -2.08. The molecule has 4 nitrogen and oxygen atoms in total. The summed E-state index contributed by atoms with van der Waals surface area (Å²) in [7, 11) is 3.73. The van der Waals surface area contributed by atoms with Gasteiger partial charge in [0, 0.05) is 35.1 Å². The zero-order valence-corrected chi connectivity index (χ0v) is 17.3. The molecule has 0 bridgehead atoms. The molecule has 0 saturated carbocycles. The molecule has 28 heavy (non-hydrogen) atoms. The highest BCUT2D eigenvalue weighted by molar-refractivity contribution is 6.32. The second-order valence-electron chi connectivity index (χ2n) is 6.30. The van der Waals surface area contributed by atoms with E-state index in [1.807, 2.05) is 75.7 Å². The Bertz CT molecular complexity index is 880. The Morgan fingerprint density at radius 2 is 2.04 bits per heavy atom. The maximum Gasteiger partial charge on any atom is 0.149 e. The number of aldehydes is 1. The second-order valence-corrected chi connectivity index (χ2v) is 6.70. The van der Waals surface area contributed by atoms with Crippen LogP contribution in [0.25, 0.3) is 17.8 Å². The highest BCUT2D eigenvalue weighted by Crippen LogP contribution is 2.22. The standard InChI is InChI=1S/C23H26ClN3O/c1-17-6-4-8-22(24)21(17)10-9-20-15-19(11-13-27-20)23(26-3)14-18(16-28)7-5-12-25-2/h4,6-11,13-16,25-26H,5,12H2,1-3H3/b10-9+,18-7-,23-14-. The van der Waals surface area contributed by atoms with Crippen molar-refractivity contribution in [3.05, 3.63) is 81.7 Å². The second kappa shape index (κ2) is 11.2. The molecule has 0 atom stereocenters. The SMILES string of the molecule is CNCC/C=C(C=O)/C=C(\NC)c1ccnc(/C=C/c2c(C)cccc2Cl)c1. The summed E-state index contributed by atoms with van der Waals surface area (Å²) in [5, 5.41) is 6.95. The Kier molecular flexibility index (Phi) is 8.66. The average molecular weight is 396 g/mol.